The van der Waals surface area contributed by atoms with E-state index in [1.807, 2.05) is 30.3 Å². The van der Waals surface area contributed by atoms with Crippen molar-refractivity contribution in [2.24, 2.45) is 0 Å². The first-order chi connectivity index (χ1) is 16.0. The van der Waals surface area contributed by atoms with Crippen molar-refractivity contribution in [1.82, 2.24) is 0 Å². The van der Waals surface area contributed by atoms with Gasteiger partial charge in [0.1, 0.15) is 0 Å². The first kappa shape index (κ1) is 21.8. The van der Waals surface area contributed by atoms with Crippen LogP contribution in [0.1, 0.15) is 34.0 Å². The van der Waals surface area contributed by atoms with Crippen LogP contribution in [0.3, 0.4) is 0 Å². The highest BCUT2D eigenvalue weighted by Gasteiger charge is 2.29. The molecular formula is C26H22N2O5. The fourth-order valence-electron chi connectivity index (χ4n) is 3.67. The van der Waals surface area contributed by atoms with Crippen molar-refractivity contribution in [2.75, 3.05) is 17.2 Å². The van der Waals surface area contributed by atoms with Crippen LogP contribution >= 0.6 is 0 Å². The third kappa shape index (κ3) is 4.77. The van der Waals surface area contributed by atoms with Gasteiger partial charge < -0.3 is 20.5 Å². The minimum absolute atomic E-state index is 0.0640. The zero-order valence-corrected chi connectivity index (χ0v) is 17.9. The summed E-state index contributed by atoms with van der Waals surface area (Å²) in [6.07, 6.45) is -0.0640. The Balaban J connectivity index is 1.77. The third-order valence-corrected chi connectivity index (χ3v) is 5.17. The molecule has 7 nitrogen and oxygen atoms in total. The monoisotopic (exact) mass is 442 g/mol. The van der Waals surface area contributed by atoms with E-state index in [1.54, 1.807) is 49.4 Å². The molecule has 0 fully saturated rings. The van der Waals surface area contributed by atoms with Crippen LogP contribution in [0.5, 0.6) is 0 Å². The van der Waals surface area contributed by atoms with E-state index >= 15 is 0 Å². The van der Waals surface area contributed by atoms with Gasteiger partial charge in [-0.15, -0.1) is 0 Å². The number of rotatable bonds is 7. The van der Waals surface area contributed by atoms with Crippen molar-refractivity contribution in [3.05, 3.63) is 95.1 Å². The van der Waals surface area contributed by atoms with Gasteiger partial charge in [0.25, 0.3) is 5.91 Å². The minimum Gasteiger partial charge on any atom is -0.481 e. The number of nitrogens with one attached hydrogen (secondary N) is 2. The normalized spacial score (nSPS) is 13.7. The quantitative estimate of drug-likeness (QED) is 0.370. The van der Waals surface area contributed by atoms with Crippen LogP contribution in [0.2, 0.25) is 0 Å². The average molecular weight is 442 g/mol. The number of carboxylic acids is 1. The van der Waals surface area contributed by atoms with E-state index in [1.165, 1.54) is 0 Å². The summed E-state index contributed by atoms with van der Waals surface area (Å²) in [5.41, 5.74) is 4.80. The van der Waals surface area contributed by atoms with Crippen LogP contribution in [0.15, 0.2) is 72.8 Å². The summed E-state index contributed by atoms with van der Waals surface area (Å²) in [4.78, 5) is 36.1. The summed E-state index contributed by atoms with van der Waals surface area (Å²) in [5.74, 6) is -1.64. The summed E-state index contributed by atoms with van der Waals surface area (Å²) >= 11 is 0. The molecule has 1 aliphatic heterocycles. The number of amides is 1. The van der Waals surface area contributed by atoms with Gasteiger partial charge in [0.15, 0.2) is 0 Å². The Kier molecular flexibility index (Phi) is 6.22. The highest BCUT2D eigenvalue weighted by molar-refractivity contribution is 6.37. The van der Waals surface area contributed by atoms with Gasteiger partial charge in [0, 0.05) is 11.3 Å². The molecule has 3 aromatic rings. The maximum Gasteiger partial charge on any atom is 0.338 e. The van der Waals surface area contributed by atoms with Crippen LogP contribution < -0.4 is 10.6 Å². The number of esters is 1. The maximum atomic E-state index is 13.0. The Morgan fingerprint density at radius 2 is 1.70 bits per heavy atom. The van der Waals surface area contributed by atoms with Crippen LogP contribution in [0.4, 0.5) is 11.4 Å². The number of benzene rings is 3. The maximum absolute atomic E-state index is 13.0. The Bertz CT molecular complexity index is 1250. The lowest BCUT2D eigenvalue weighted by atomic mass is 9.99. The fourth-order valence-corrected chi connectivity index (χ4v) is 3.67. The van der Waals surface area contributed by atoms with Gasteiger partial charge in [0.05, 0.1) is 35.5 Å². The molecule has 0 spiro atoms. The molecule has 0 saturated carbocycles. The third-order valence-electron chi connectivity index (χ3n) is 5.17. The van der Waals surface area contributed by atoms with E-state index in [0.29, 0.717) is 39.3 Å². The molecule has 0 saturated heterocycles. The van der Waals surface area contributed by atoms with Gasteiger partial charge in [-0.2, -0.15) is 0 Å². The van der Waals surface area contributed by atoms with Gasteiger partial charge in [-0.3, -0.25) is 9.59 Å². The molecule has 0 aromatic heterocycles. The van der Waals surface area contributed by atoms with Crippen molar-refractivity contribution in [2.45, 2.75) is 13.3 Å². The minimum atomic E-state index is -0.899. The van der Waals surface area contributed by atoms with Crippen molar-refractivity contribution in [3.63, 3.8) is 0 Å². The first-order valence-corrected chi connectivity index (χ1v) is 10.5. The predicted molar refractivity (Wildman–Crippen MR) is 126 cm³/mol. The van der Waals surface area contributed by atoms with Crippen LogP contribution in [-0.4, -0.2) is 29.6 Å². The number of hydrogen-bond acceptors (Lipinski definition) is 5. The largest absolute Gasteiger partial charge is 0.481 e. The van der Waals surface area contributed by atoms with E-state index in [4.69, 9.17) is 9.84 Å². The summed E-state index contributed by atoms with van der Waals surface area (Å²) in [5, 5.41) is 15.2. The molecule has 4 rings (SSSR count). The SMILES string of the molecule is CCOC(=O)c1ccc2c(c1)NC(=O)/C2=C(\Nc1ccc(CC(=O)O)cc1)c1ccccc1. The lowest BCUT2D eigenvalue weighted by Gasteiger charge is -2.15. The van der Waals surface area contributed by atoms with Gasteiger partial charge in [-0.05, 0) is 42.3 Å². The lowest BCUT2D eigenvalue weighted by Crippen LogP contribution is -2.10. The smallest absolute Gasteiger partial charge is 0.338 e. The Labute approximate surface area is 190 Å². The summed E-state index contributed by atoms with van der Waals surface area (Å²) in [6.45, 7) is 2.00. The summed E-state index contributed by atoms with van der Waals surface area (Å²) < 4.78 is 5.06. The number of aliphatic carboxylic acids is 1. The lowest BCUT2D eigenvalue weighted by molar-refractivity contribution is -0.136. The van der Waals surface area contributed by atoms with E-state index in [0.717, 1.165) is 5.56 Å². The van der Waals surface area contributed by atoms with Gasteiger partial charge in [-0.1, -0.05) is 48.5 Å². The Morgan fingerprint density at radius 1 is 0.970 bits per heavy atom. The second-order valence-corrected chi connectivity index (χ2v) is 7.44. The predicted octanol–water partition coefficient (Wildman–Crippen LogP) is 4.42. The molecule has 166 valence electrons. The van der Waals surface area contributed by atoms with E-state index in [9.17, 15) is 14.4 Å². The number of carboxylic acid groups (broad SMARTS) is 1. The zero-order valence-electron chi connectivity index (χ0n) is 17.9. The first-order valence-electron chi connectivity index (χ1n) is 10.5. The highest BCUT2D eigenvalue weighted by atomic mass is 16.5. The van der Waals surface area contributed by atoms with Crippen molar-refractivity contribution >= 4 is 40.5 Å². The summed E-state index contributed by atoms with van der Waals surface area (Å²) in [7, 11) is 0. The second kappa shape index (κ2) is 9.40. The molecule has 0 unspecified atom stereocenters. The highest BCUT2D eigenvalue weighted by Crippen LogP contribution is 2.38. The molecule has 1 aliphatic rings. The molecule has 1 amide bonds. The van der Waals surface area contributed by atoms with Crippen LogP contribution in [-0.2, 0) is 20.7 Å². The standard InChI is InChI=1S/C26H22N2O5/c1-2-33-26(32)18-10-13-20-21(15-18)28-25(31)23(20)24(17-6-4-3-5-7-17)27-19-11-8-16(9-12-19)14-22(29)30/h3-13,15,27H,2,14H2,1H3,(H,28,31)(H,29,30)/b24-23-. The number of hydrogen-bond donors (Lipinski definition) is 3. The van der Waals surface area contributed by atoms with Crippen LogP contribution in [0, 0.1) is 0 Å². The van der Waals surface area contributed by atoms with E-state index in [2.05, 4.69) is 10.6 Å². The molecule has 1 heterocycles. The van der Waals surface area contributed by atoms with E-state index in [-0.39, 0.29) is 18.9 Å². The average Bonchev–Trinajstić information content (AvgIpc) is 3.13. The number of anilines is 2. The molecule has 7 heteroatoms. The molecule has 0 radical (unpaired) electrons. The molecule has 0 aliphatic carbocycles. The topological polar surface area (TPSA) is 105 Å². The molecule has 0 atom stereocenters. The van der Waals surface area contributed by atoms with Crippen molar-refractivity contribution < 1.29 is 24.2 Å². The number of fused-ring (bicyclic) bond motifs is 1. The molecule has 3 aromatic carbocycles. The zero-order chi connectivity index (χ0) is 23.4. The Hall–Kier alpha value is -4.39. The van der Waals surface area contributed by atoms with Crippen molar-refractivity contribution in [3.8, 4) is 0 Å². The van der Waals surface area contributed by atoms with Crippen LogP contribution in [0.25, 0.3) is 11.3 Å². The number of carbonyl (C=O) groups is 3. The number of carbonyl (C=O) groups excluding carboxylic acids is 2. The number of ether oxygens (including phenoxy) is 1. The molecule has 33 heavy (non-hydrogen) atoms. The summed E-state index contributed by atoms with van der Waals surface area (Å²) in [6, 6.07) is 21.4. The second-order valence-electron chi connectivity index (χ2n) is 7.44. The molecule has 3 N–H and O–H groups in total. The Morgan fingerprint density at radius 3 is 2.36 bits per heavy atom. The van der Waals surface area contributed by atoms with E-state index < -0.39 is 11.9 Å². The van der Waals surface area contributed by atoms with Crippen molar-refractivity contribution in [1.29, 1.82) is 0 Å². The fraction of sp³-hybridized carbons (Fsp3) is 0.115. The van der Waals surface area contributed by atoms with Gasteiger partial charge in [-0.25, -0.2) is 4.79 Å². The molecular weight excluding hydrogens is 420 g/mol. The van der Waals surface area contributed by atoms with Gasteiger partial charge >= 0.3 is 11.9 Å². The molecule has 0 bridgehead atoms. The van der Waals surface area contributed by atoms with Gasteiger partial charge in [0.2, 0.25) is 0 Å².